The number of ether oxygens (including phenoxy) is 1. The summed E-state index contributed by atoms with van der Waals surface area (Å²) in [5.41, 5.74) is 0.414. The van der Waals surface area contributed by atoms with Crippen molar-refractivity contribution in [2.24, 2.45) is 21.1 Å². The van der Waals surface area contributed by atoms with Crippen molar-refractivity contribution >= 4 is 17.1 Å². The molecule has 0 radical (unpaired) electrons. The Kier molecular flexibility index (Phi) is 2.89. The van der Waals surface area contributed by atoms with Crippen molar-refractivity contribution in [1.82, 2.24) is 14.1 Å². The van der Waals surface area contributed by atoms with E-state index in [1.807, 2.05) is 11.6 Å². The van der Waals surface area contributed by atoms with Crippen molar-refractivity contribution in [2.75, 3.05) is 31.2 Å². The van der Waals surface area contributed by atoms with E-state index in [4.69, 9.17) is 4.74 Å². The highest BCUT2D eigenvalue weighted by atomic mass is 16.5. The molecular formula is C12H18N5O3+. The van der Waals surface area contributed by atoms with Crippen LogP contribution < -0.4 is 20.7 Å². The molecule has 1 saturated heterocycles. The molecule has 0 aromatic carbocycles. The van der Waals surface area contributed by atoms with E-state index in [2.05, 4.69) is 9.88 Å². The van der Waals surface area contributed by atoms with E-state index in [0.717, 1.165) is 23.6 Å². The first-order chi connectivity index (χ1) is 9.52. The average Bonchev–Trinajstić information content (AvgIpc) is 2.81. The van der Waals surface area contributed by atoms with Crippen LogP contribution in [0.4, 0.5) is 5.95 Å². The van der Waals surface area contributed by atoms with Gasteiger partial charge in [-0.25, -0.2) is 14.3 Å². The number of aryl methyl sites for hydroxylation is 2. The van der Waals surface area contributed by atoms with Crippen LogP contribution in [-0.2, 0) is 25.9 Å². The summed E-state index contributed by atoms with van der Waals surface area (Å²) < 4.78 is 9.73. The molecule has 1 aliphatic rings. The number of nitrogens with one attached hydrogen (secondary N) is 1. The molecule has 0 bridgehead atoms. The van der Waals surface area contributed by atoms with Gasteiger partial charge in [-0.15, -0.1) is 0 Å². The summed E-state index contributed by atoms with van der Waals surface area (Å²) in [7, 11) is 4.98. The fraction of sp³-hybridized carbons (Fsp3) is 0.583. The molecule has 20 heavy (non-hydrogen) atoms. The first-order valence-electron chi connectivity index (χ1n) is 6.52. The first kappa shape index (κ1) is 12.9. The topological polar surface area (TPSA) is 76.1 Å². The summed E-state index contributed by atoms with van der Waals surface area (Å²) in [4.78, 5) is 29.6. The van der Waals surface area contributed by atoms with E-state index in [1.165, 1.54) is 11.6 Å². The van der Waals surface area contributed by atoms with Crippen LogP contribution in [0.3, 0.4) is 0 Å². The van der Waals surface area contributed by atoms with Gasteiger partial charge in [0.25, 0.3) is 5.56 Å². The van der Waals surface area contributed by atoms with Crippen molar-refractivity contribution < 1.29 is 9.30 Å². The largest absolute Gasteiger partial charge is 0.375 e. The van der Waals surface area contributed by atoms with Gasteiger partial charge < -0.3 is 4.74 Å². The fourth-order valence-electron chi connectivity index (χ4n) is 2.63. The Balaban J connectivity index is 2.29. The van der Waals surface area contributed by atoms with Crippen LogP contribution in [0.2, 0.25) is 0 Å². The molecule has 3 rings (SSSR count). The van der Waals surface area contributed by atoms with Gasteiger partial charge in [-0.1, -0.05) is 0 Å². The van der Waals surface area contributed by atoms with Gasteiger partial charge in [-0.2, -0.15) is 0 Å². The zero-order chi connectivity index (χ0) is 14.4. The summed E-state index contributed by atoms with van der Waals surface area (Å²) in [6, 6.07) is 0. The van der Waals surface area contributed by atoms with Crippen molar-refractivity contribution in [3.05, 3.63) is 20.8 Å². The minimum atomic E-state index is -0.335. The van der Waals surface area contributed by atoms with Crippen molar-refractivity contribution in [2.45, 2.75) is 0 Å². The first-order valence-corrected chi connectivity index (χ1v) is 6.52. The normalized spacial score (nSPS) is 16.1. The molecule has 0 spiro atoms. The number of imidazole rings is 1. The van der Waals surface area contributed by atoms with Gasteiger partial charge in [-0.3, -0.25) is 18.8 Å². The minimum absolute atomic E-state index is 0.290. The molecule has 108 valence electrons. The standard InChI is InChI=1S/C12H17N5O3/c1-14-8-9(15(2)12(19)16(3)10(8)18)13-11(14)17-4-6-20-7-5-17/h4-7H2,1-3H3/p+1. The van der Waals surface area contributed by atoms with Gasteiger partial charge in [0.1, 0.15) is 0 Å². The Hall–Kier alpha value is -2.09. The van der Waals surface area contributed by atoms with E-state index >= 15 is 0 Å². The number of hydrogen-bond acceptors (Lipinski definition) is 4. The second-order valence-corrected chi connectivity index (χ2v) is 5.01. The van der Waals surface area contributed by atoms with Crippen LogP contribution in [0.25, 0.3) is 11.2 Å². The second-order valence-electron chi connectivity index (χ2n) is 5.01. The number of aromatic nitrogens is 4. The van der Waals surface area contributed by atoms with E-state index in [1.54, 1.807) is 7.05 Å². The third-order valence-corrected chi connectivity index (χ3v) is 3.83. The van der Waals surface area contributed by atoms with E-state index in [-0.39, 0.29) is 11.2 Å². The second kappa shape index (κ2) is 4.48. The molecule has 3 heterocycles. The van der Waals surface area contributed by atoms with Crippen LogP contribution >= 0.6 is 0 Å². The number of hydrogen-bond donors (Lipinski definition) is 1. The Morgan fingerprint density at radius 2 is 1.80 bits per heavy atom. The Morgan fingerprint density at radius 1 is 1.15 bits per heavy atom. The zero-order valence-corrected chi connectivity index (χ0v) is 11.8. The van der Waals surface area contributed by atoms with Gasteiger partial charge >= 0.3 is 11.6 Å². The zero-order valence-electron chi connectivity index (χ0n) is 11.8. The number of H-pyrrole nitrogens is 1. The Labute approximate surface area is 114 Å². The third kappa shape index (κ3) is 1.68. The molecule has 2 aromatic heterocycles. The lowest BCUT2D eigenvalue weighted by atomic mass is 10.4. The molecule has 8 heteroatoms. The summed E-state index contributed by atoms with van der Waals surface area (Å²) in [5, 5.41) is 0. The number of morpholine rings is 1. The van der Waals surface area contributed by atoms with Gasteiger partial charge in [0.15, 0.2) is 0 Å². The van der Waals surface area contributed by atoms with Gasteiger partial charge in [0.05, 0.1) is 33.4 Å². The van der Waals surface area contributed by atoms with Crippen LogP contribution in [0.5, 0.6) is 0 Å². The molecule has 2 aromatic rings. The fourth-order valence-corrected chi connectivity index (χ4v) is 2.63. The van der Waals surface area contributed by atoms with Gasteiger partial charge in [0, 0.05) is 14.1 Å². The summed E-state index contributed by atoms with van der Waals surface area (Å²) in [5.74, 6) is 0.821. The highest BCUT2D eigenvalue weighted by Gasteiger charge is 2.27. The number of fused-ring (bicyclic) bond motifs is 1. The van der Waals surface area contributed by atoms with Crippen molar-refractivity contribution in [3.63, 3.8) is 0 Å². The molecule has 8 nitrogen and oxygen atoms in total. The minimum Gasteiger partial charge on any atom is -0.375 e. The SMILES string of the molecule is Cn1c(=O)c2c([nH]c(N3CCOCC3)[n+]2C)n(C)c1=O. The van der Waals surface area contributed by atoms with Crippen molar-refractivity contribution in [3.8, 4) is 0 Å². The van der Waals surface area contributed by atoms with E-state index < -0.39 is 0 Å². The average molecular weight is 280 g/mol. The molecule has 0 amide bonds. The van der Waals surface area contributed by atoms with E-state index in [9.17, 15) is 9.59 Å². The third-order valence-electron chi connectivity index (χ3n) is 3.83. The molecule has 1 N–H and O–H groups in total. The highest BCUT2D eigenvalue weighted by molar-refractivity contribution is 5.67. The Morgan fingerprint density at radius 3 is 2.45 bits per heavy atom. The molecular weight excluding hydrogens is 262 g/mol. The molecule has 1 aliphatic heterocycles. The van der Waals surface area contributed by atoms with E-state index in [0.29, 0.717) is 24.4 Å². The number of rotatable bonds is 1. The quantitative estimate of drug-likeness (QED) is 0.627. The van der Waals surface area contributed by atoms with Crippen LogP contribution in [0, 0.1) is 0 Å². The van der Waals surface area contributed by atoms with Crippen LogP contribution in [0.15, 0.2) is 9.59 Å². The van der Waals surface area contributed by atoms with Crippen LogP contribution in [0.1, 0.15) is 0 Å². The maximum Gasteiger partial charge on any atom is 0.359 e. The maximum absolute atomic E-state index is 12.3. The molecule has 0 saturated carbocycles. The van der Waals surface area contributed by atoms with Crippen molar-refractivity contribution in [1.29, 1.82) is 0 Å². The summed E-state index contributed by atoms with van der Waals surface area (Å²) in [6.07, 6.45) is 0. The summed E-state index contributed by atoms with van der Waals surface area (Å²) >= 11 is 0. The molecule has 0 aliphatic carbocycles. The summed E-state index contributed by atoms with van der Waals surface area (Å²) in [6.45, 7) is 2.84. The monoisotopic (exact) mass is 280 g/mol. The van der Waals surface area contributed by atoms with Gasteiger partial charge in [-0.05, 0) is 0 Å². The highest BCUT2D eigenvalue weighted by Crippen LogP contribution is 2.12. The lowest BCUT2D eigenvalue weighted by Gasteiger charge is -2.21. The smallest absolute Gasteiger partial charge is 0.359 e. The number of nitrogens with zero attached hydrogens (tertiary/aromatic N) is 4. The van der Waals surface area contributed by atoms with Crippen LogP contribution in [-0.4, -0.2) is 40.4 Å². The van der Waals surface area contributed by atoms with Gasteiger partial charge in [0.2, 0.25) is 11.2 Å². The lowest BCUT2D eigenvalue weighted by molar-refractivity contribution is -0.632. The Bertz CT molecular complexity index is 779. The molecule has 0 atom stereocenters. The predicted molar refractivity (Wildman–Crippen MR) is 73.0 cm³/mol. The lowest BCUT2D eigenvalue weighted by Crippen LogP contribution is -2.46. The number of anilines is 1. The number of aromatic amines is 1. The molecule has 0 unspecified atom stereocenters. The maximum atomic E-state index is 12.3. The predicted octanol–water partition coefficient (Wildman–Crippen LogP) is -1.77. The molecule has 1 fully saturated rings.